The van der Waals surface area contributed by atoms with Gasteiger partial charge in [0.1, 0.15) is 5.00 Å². The van der Waals surface area contributed by atoms with Gasteiger partial charge in [-0.25, -0.2) is 13.2 Å². The lowest BCUT2D eigenvalue weighted by atomic mass is 10.1. The molecule has 2 N–H and O–H groups in total. The number of hydrogen-bond acceptors (Lipinski definition) is 7. The number of anilines is 2. The molecular weight excluding hydrogens is 458 g/mol. The van der Waals surface area contributed by atoms with E-state index < -0.39 is 16.0 Å². The standard InChI is InChI=1S/C20H25N3O5S3/c1-4-16-13(2)30-18(17(16)19(24)27-3)22-20(29)21-14-5-7-15(8-6-14)31(25,26)23-9-11-28-12-10-23/h5-8H,4,9-12H2,1-3H3,(H2,21,22,29). The van der Waals surface area contributed by atoms with E-state index in [1.54, 1.807) is 24.3 Å². The van der Waals surface area contributed by atoms with Crippen LogP contribution in [-0.2, 0) is 25.9 Å². The monoisotopic (exact) mass is 483 g/mol. The van der Waals surface area contributed by atoms with Gasteiger partial charge in [-0.2, -0.15) is 4.31 Å². The Morgan fingerprint density at radius 2 is 1.87 bits per heavy atom. The Hall–Kier alpha value is -2.05. The van der Waals surface area contributed by atoms with Gasteiger partial charge in [-0.3, -0.25) is 0 Å². The lowest BCUT2D eigenvalue weighted by Crippen LogP contribution is -2.40. The van der Waals surface area contributed by atoms with Crippen molar-refractivity contribution >= 4 is 55.3 Å². The number of esters is 1. The third kappa shape index (κ3) is 5.24. The van der Waals surface area contributed by atoms with E-state index in [0.717, 1.165) is 10.4 Å². The van der Waals surface area contributed by atoms with Crippen LogP contribution in [0.5, 0.6) is 0 Å². The summed E-state index contributed by atoms with van der Waals surface area (Å²) in [6.45, 7) is 5.42. The molecule has 0 spiro atoms. The van der Waals surface area contributed by atoms with Crippen molar-refractivity contribution < 1.29 is 22.7 Å². The predicted octanol–water partition coefficient (Wildman–Crippen LogP) is 3.24. The van der Waals surface area contributed by atoms with Gasteiger partial charge >= 0.3 is 5.97 Å². The van der Waals surface area contributed by atoms with E-state index in [2.05, 4.69) is 10.6 Å². The second-order valence-electron chi connectivity index (χ2n) is 6.81. The van der Waals surface area contributed by atoms with Crippen LogP contribution < -0.4 is 10.6 Å². The summed E-state index contributed by atoms with van der Waals surface area (Å²) in [4.78, 5) is 13.5. The Labute approximate surface area is 191 Å². The highest BCUT2D eigenvalue weighted by Crippen LogP contribution is 2.34. The molecule has 2 aromatic rings. The van der Waals surface area contributed by atoms with Crippen LogP contribution in [0.15, 0.2) is 29.2 Å². The van der Waals surface area contributed by atoms with Crippen molar-refractivity contribution in [3.8, 4) is 0 Å². The van der Waals surface area contributed by atoms with Crippen LogP contribution in [0.1, 0.15) is 27.7 Å². The zero-order chi connectivity index (χ0) is 22.6. The molecule has 2 heterocycles. The van der Waals surface area contributed by atoms with Crippen LogP contribution >= 0.6 is 23.6 Å². The van der Waals surface area contributed by atoms with Gasteiger partial charge in [0.2, 0.25) is 10.0 Å². The number of sulfonamides is 1. The maximum Gasteiger partial charge on any atom is 0.341 e. The largest absolute Gasteiger partial charge is 0.465 e. The average Bonchev–Trinajstić information content (AvgIpc) is 3.08. The van der Waals surface area contributed by atoms with Crippen LogP contribution in [0.4, 0.5) is 10.7 Å². The minimum absolute atomic E-state index is 0.216. The maximum absolute atomic E-state index is 12.7. The number of morpholine rings is 1. The smallest absolute Gasteiger partial charge is 0.341 e. The summed E-state index contributed by atoms with van der Waals surface area (Å²) in [5, 5.41) is 7.00. The molecule has 0 radical (unpaired) electrons. The molecule has 1 saturated heterocycles. The number of nitrogens with zero attached hydrogens (tertiary/aromatic N) is 1. The number of carbonyl (C=O) groups is 1. The number of ether oxygens (including phenoxy) is 2. The lowest BCUT2D eigenvalue weighted by molar-refractivity contribution is 0.0601. The van der Waals surface area contributed by atoms with Crippen molar-refractivity contribution in [2.75, 3.05) is 44.0 Å². The Kier molecular flexibility index (Phi) is 7.65. The molecule has 0 aliphatic carbocycles. The predicted molar refractivity (Wildman–Crippen MR) is 126 cm³/mol. The fourth-order valence-electron chi connectivity index (χ4n) is 3.32. The molecule has 0 bridgehead atoms. The molecule has 0 atom stereocenters. The Balaban J connectivity index is 1.71. The van der Waals surface area contributed by atoms with Crippen molar-refractivity contribution in [3.63, 3.8) is 0 Å². The molecule has 8 nitrogen and oxygen atoms in total. The van der Waals surface area contributed by atoms with Crippen LogP contribution in [0.2, 0.25) is 0 Å². The van der Waals surface area contributed by atoms with Crippen molar-refractivity contribution in [2.24, 2.45) is 0 Å². The molecule has 0 saturated carbocycles. The summed E-state index contributed by atoms with van der Waals surface area (Å²) in [7, 11) is -2.20. The number of carbonyl (C=O) groups excluding carboxylic acids is 1. The molecule has 31 heavy (non-hydrogen) atoms. The van der Waals surface area contributed by atoms with E-state index in [9.17, 15) is 13.2 Å². The van der Waals surface area contributed by atoms with E-state index >= 15 is 0 Å². The molecule has 1 aromatic carbocycles. The van der Waals surface area contributed by atoms with Gasteiger partial charge in [0, 0.05) is 23.7 Å². The van der Waals surface area contributed by atoms with Gasteiger partial charge < -0.3 is 20.1 Å². The van der Waals surface area contributed by atoms with Crippen molar-refractivity contribution in [1.29, 1.82) is 0 Å². The van der Waals surface area contributed by atoms with Gasteiger partial charge in [0.15, 0.2) is 5.11 Å². The quantitative estimate of drug-likeness (QED) is 0.478. The van der Waals surface area contributed by atoms with E-state index in [1.807, 2.05) is 13.8 Å². The molecule has 1 fully saturated rings. The number of methoxy groups -OCH3 is 1. The van der Waals surface area contributed by atoms with Crippen LogP contribution in [0.25, 0.3) is 0 Å². The normalized spacial score (nSPS) is 14.8. The number of thiocarbonyl (C=S) groups is 1. The van der Waals surface area contributed by atoms with E-state index in [-0.39, 0.29) is 10.0 Å². The Bertz CT molecular complexity index is 1060. The highest BCUT2D eigenvalue weighted by molar-refractivity contribution is 7.89. The molecular formula is C20H25N3O5S3. The fourth-order valence-corrected chi connectivity index (χ4v) is 6.15. The number of hydrogen-bond donors (Lipinski definition) is 2. The SMILES string of the molecule is CCc1c(C)sc(NC(=S)Nc2ccc(S(=O)(=O)N3CCOCC3)cc2)c1C(=O)OC. The van der Waals surface area contributed by atoms with Crippen LogP contribution in [0.3, 0.4) is 0 Å². The Morgan fingerprint density at radius 1 is 1.23 bits per heavy atom. The molecule has 1 aliphatic rings. The van der Waals surface area contributed by atoms with E-state index in [0.29, 0.717) is 49.0 Å². The number of thiophene rings is 1. The van der Waals surface area contributed by atoms with Gasteiger partial charge in [0.05, 0.1) is 30.8 Å². The number of aryl methyl sites for hydroxylation is 1. The van der Waals surface area contributed by atoms with Gasteiger partial charge in [-0.05, 0) is 55.4 Å². The summed E-state index contributed by atoms with van der Waals surface area (Å²) >= 11 is 6.83. The number of nitrogens with one attached hydrogen (secondary N) is 2. The average molecular weight is 484 g/mol. The molecule has 1 aromatic heterocycles. The summed E-state index contributed by atoms with van der Waals surface area (Å²) in [5.41, 5.74) is 2.05. The topological polar surface area (TPSA) is 97.0 Å². The van der Waals surface area contributed by atoms with Gasteiger partial charge in [-0.15, -0.1) is 11.3 Å². The third-order valence-corrected chi connectivity index (χ3v) is 8.08. The third-order valence-electron chi connectivity index (χ3n) is 4.90. The zero-order valence-corrected chi connectivity index (χ0v) is 20.0. The summed E-state index contributed by atoms with van der Waals surface area (Å²) in [6, 6.07) is 6.39. The zero-order valence-electron chi connectivity index (χ0n) is 17.6. The molecule has 0 amide bonds. The highest BCUT2D eigenvalue weighted by atomic mass is 32.2. The van der Waals surface area contributed by atoms with Crippen LogP contribution in [-0.4, -0.2) is 57.2 Å². The summed E-state index contributed by atoms with van der Waals surface area (Å²) < 4.78 is 37.0. The first-order valence-electron chi connectivity index (χ1n) is 9.74. The van der Waals surface area contributed by atoms with E-state index in [4.69, 9.17) is 21.7 Å². The molecule has 11 heteroatoms. The minimum Gasteiger partial charge on any atom is -0.465 e. The Morgan fingerprint density at radius 3 is 2.45 bits per heavy atom. The van der Waals surface area contributed by atoms with E-state index in [1.165, 1.54) is 22.8 Å². The van der Waals surface area contributed by atoms with Crippen LogP contribution in [0, 0.1) is 6.92 Å². The number of rotatable bonds is 6. The lowest BCUT2D eigenvalue weighted by Gasteiger charge is -2.26. The summed E-state index contributed by atoms with van der Waals surface area (Å²) in [5.74, 6) is -0.413. The minimum atomic E-state index is -3.55. The molecule has 3 rings (SSSR count). The van der Waals surface area contributed by atoms with Gasteiger partial charge in [0.25, 0.3) is 0 Å². The van der Waals surface area contributed by atoms with Crippen molar-refractivity contribution in [1.82, 2.24) is 4.31 Å². The second-order valence-corrected chi connectivity index (χ2v) is 10.4. The summed E-state index contributed by atoms with van der Waals surface area (Å²) in [6.07, 6.45) is 0.702. The first kappa shape index (κ1) is 23.6. The molecule has 0 unspecified atom stereocenters. The second kappa shape index (κ2) is 10.0. The maximum atomic E-state index is 12.7. The first-order chi connectivity index (χ1) is 14.8. The molecule has 168 valence electrons. The van der Waals surface area contributed by atoms with Crippen molar-refractivity contribution in [3.05, 3.63) is 40.3 Å². The fraction of sp³-hybridized carbons (Fsp3) is 0.400. The highest BCUT2D eigenvalue weighted by Gasteiger charge is 2.26. The van der Waals surface area contributed by atoms with Gasteiger partial charge in [-0.1, -0.05) is 6.92 Å². The first-order valence-corrected chi connectivity index (χ1v) is 12.4. The number of benzene rings is 1. The van der Waals surface area contributed by atoms with Crippen molar-refractivity contribution in [2.45, 2.75) is 25.2 Å². The molecule has 1 aliphatic heterocycles.